The molecule has 1 aromatic carbocycles. The Bertz CT molecular complexity index is 911. The molecule has 6 heteroatoms. The van der Waals surface area contributed by atoms with Crippen molar-refractivity contribution in [2.45, 2.75) is 40.2 Å². The van der Waals surface area contributed by atoms with E-state index in [4.69, 9.17) is 11.6 Å². The summed E-state index contributed by atoms with van der Waals surface area (Å²) in [7, 11) is 0. The first kappa shape index (κ1) is 17.0. The van der Waals surface area contributed by atoms with E-state index >= 15 is 0 Å². The minimum Gasteiger partial charge on any atom is -0.337 e. The van der Waals surface area contributed by atoms with Gasteiger partial charge in [0.25, 0.3) is 5.91 Å². The Balaban J connectivity index is 2.01. The molecule has 0 aliphatic heterocycles. The molecule has 0 spiro atoms. The SMILES string of the molecule is CCn1c(C(=O)Nc2nc(C(C)C)cs2)c(C)c2cc(Cl)ccc21. The van der Waals surface area contributed by atoms with Gasteiger partial charge in [0.1, 0.15) is 5.69 Å². The smallest absolute Gasteiger partial charge is 0.274 e. The summed E-state index contributed by atoms with van der Waals surface area (Å²) >= 11 is 7.58. The number of anilines is 1. The van der Waals surface area contributed by atoms with Gasteiger partial charge < -0.3 is 4.57 Å². The number of hydrogen-bond acceptors (Lipinski definition) is 3. The predicted molar refractivity (Wildman–Crippen MR) is 102 cm³/mol. The van der Waals surface area contributed by atoms with E-state index in [1.54, 1.807) is 0 Å². The molecule has 0 atom stereocenters. The lowest BCUT2D eigenvalue weighted by Crippen LogP contribution is -2.17. The third-order valence-corrected chi connectivity index (χ3v) is 5.15. The fraction of sp³-hybridized carbons (Fsp3) is 0.333. The normalized spacial score (nSPS) is 11.4. The highest BCUT2D eigenvalue weighted by Gasteiger charge is 2.20. The van der Waals surface area contributed by atoms with Crippen LogP contribution in [0.1, 0.15) is 48.4 Å². The van der Waals surface area contributed by atoms with Crippen molar-refractivity contribution in [3.63, 3.8) is 0 Å². The molecule has 126 valence electrons. The highest BCUT2D eigenvalue weighted by atomic mass is 35.5. The van der Waals surface area contributed by atoms with Gasteiger partial charge in [0.2, 0.25) is 0 Å². The number of nitrogens with zero attached hydrogens (tertiary/aromatic N) is 2. The lowest BCUT2D eigenvalue weighted by molar-refractivity contribution is 0.101. The fourth-order valence-corrected chi connectivity index (χ4v) is 3.92. The zero-order valence-electron chi connectivity index (χ0n) is 14.2. The van der Waals surface area contributed by atoms with Crippen LogP contribution >= 0.6 is 22.9 Å². The molecule has 0 fully saturated rings. The van der Waals surface area contributed by atoms with Crippen molar-refractivity contribution in [1.82, 2.24) is 9.55 Å². The van der Waals surface area contributed by atoms with Crippen LogP contribution in [-0.4, -0.2) is 15.5 Å². The minimum absolute atomic E-state index is 0.133. The summed E-state index contributed by atoms with van der Waals surface area (Å²) < 4.78 is 2.02. The molecule has 2 aromatic heterocycles. The largest absolute Gasteiger partial charge is 0.337 e. The number of carbonyl (C=O) groups excluding carboxylic acids is 1. The molecule has 0 aliphatic carbocycles. The van der Waals surface area contributed by atoms with Crippen molar-refractivity contribution in [1.29, 1.82) is 0 Å². The van der Waals surface area contributed by atoms with Gasteiger partial charge in [-0.3, -0.25) is 10.1 Å². The molecule has 3 aromatic rings. The Morgan fingerprint density at radius 1 is 1.42 bits per heavy atom. The van der Waals surface area contributed by atoms with Crippen molar-refractivity contribution < 1.29 is 4.79 Å². The maximum atomic E-state index is 12.9. The zero-order chi connectivity index (χ0) is 17.4. The van der Waals surface area contributed by atoms with Gasteiger partial charge in [0.15, 0.2) is 5.13 Å². The number of thiazole rings is 1. The van der Waals surface area contributed by atoms with E-state index in [1.807, 2.05) is 42.0 Å². The zero-order valence-corrected chi connectivity index (χ0v) is 15.8. The van der Waals surface area contributed by atoms with Gasteiger partial charge >= 0.3 is 0 Å². The second-order valence-electron chi connectivity index (χ2n) is 6.07. The molecule has 3 rings (SSSR count). The number of fused-ring (bicyclic) bond motifs is 1. The van der Waals surface area contributed by atoms with Crippen molar-refractivity contribution in [3.05, 3.63) is 45.6 Å². The van der Waals surface area contributed by atoms with Gasteiger partial charge in [-0.05, 0) is 43.5 Å². The van der Waals surface area contributed by atoms with Crippen LogP contribution in [-0.2, 0) is 6.54 Å². The quantitative estimate of drug-likeness (QED) is 0.671. The summed E-state index contributed by atoms with van der Waals surface area (Å²) in [6, 6.07) is 5.73. The van der Waals surface area contributed by atoms with Crippen molar-refractivity contribution in [2.75, 3.05) is 5.32 Å². The van der Waals surface area contributed by atoms with Crippen LogP contribution < -0.4 is 5.32 Å². The Labute approximate surface area is 150 Å². The fourth-order valence-electron chi connectivity index (χ4n) is 2.88. The molecule has 0 unspecified atom stereocenters. The van der Waals surface area contributed by atoms with E-state index in [2.05, 4.69) is 24.1 Å². The average Bonchev–Trinajstić information content (AvgIpc) is 3.10. The van der Waals surface area contributed by atoms with E-state index in [0.717, 1.165) is 22.2 Å². The lowest BCUT2D eigenvalue weighted by atomic mass is 10.1. The molecule has 24 heavy (non-hydrogen) atoms. The van der Waals surface area contributed by atoms with Crippen LogP contribution in [0.3, 0.4) is 0 Å². The monoisotopic (exact) mass is 361 g/mol. The lowest BCUT2D eigenvalue weighted by Gasteiger charge is -2.08. The maximum absolute atomic E-state index is 12.9. The summed E-state index contributed by atoms with van der Waals surface area (Å²) in [6.45, 7) is 8.88. The van der Waals surface area contributed by atoms with Gasteiger partial charge in [0, 0.05) is 27.9 Å². The number of hydrogen-bond donors (Lipinski definition) is 1. The van der Waals surface area contributed by atoms with Crippen LogP contribution in [0.2, 0.25) is 5.02 Å². The van der Waals surface area contributed by atoms with Gasteiger partial charge in [-0.15, -0.1) is 11.3 Å². The Morgan fingerprint density at radius 2 is 2.17 bits per heavy atom. The summed E-state index contributed by atoms with van der Waals surface area (Å²) in [6.07, 6.45) is 0. The number of rotatable bonds is 4. The summed E-state index contributed by atoms with van der Waals surface area (Å²) in [4.78, 5) is 17.3. The average molecular weight is 362 g/mol. The Morgan fingerprint density at radius 3 is 2.79 bits per heavy atom. The van der Waals surface area contributed by atoms with Gasteiger partial charge in [-0.1, -0.05) is 25.4 Å². The van der Waals surface area contributed by atoms with E-state index < -0.39 is 0 Å². The molecule has 0 saturated heterocycles. The maximum Gasteiger partial charge on any atom is 0.274 e. The first-order valence-electron chi connectivity index (χ1n) is 7.97. The number of benzene rings is 1. The van der Waals surface area contributed by atoms with Crippen LogP contribution in [0.15, 0.2) is 23.6 Å². The molecular formula is C18H20ClN3OS. The number of amides is 1. The Hall–Kier alpha value is -1.85. The van der Waals surface area contributed by atoms with Crippen LogP contribution in [0.5, 0.6) is 0 Å². The van der Waals surface area contributed by atoms with E-state index in [9.17, 15) is 4.79 Å². The van der Waals surface area contributed by atoms with Crippen molar-refractivity contribution >= 4 is 44.9 Å². The highest BCUT2D eigenvalue weighted by molar-refractivity contribution is 7.14. The molecular weight excluding hydrogens is 342 g/mol. The highest BCUT2D eigenvalue weighted by Crippen LogP contribution is 2.29. The Kier molecular flexibility index (Phi) is 4.65. The van der Waals surface area contributed by atoms with Crippen LogP contribution in [0, 0.1) is 6.92 Å². The molecule has 0 saturated carbocycles. The van der Waals surface area contributed by atoms with E-state index in [0.29, 0.717) is 28.3 Å². The standard InChI is InChI=1S/C18H20ClN3OS/c1-5-22-15-7-6-12(19)8-13(15)11(4)16(22)17(23)21-18-20-14(9-24-18)10(2)3/h6-10H,5H2,1-4H3,(H,20,21,23). The topological polar surface area (TPSA) is 46.9 Å². The summed E-state index contributed by atoms with van der Waals surface area (Å²) in [5, 5.41) is 7.25. The molecule has 4 nitrogen and oxygen atoms in total. The molecule has 0 radical (unpaired) electrons. The third-order valence-electron chi connectivity index (χ3n) is 4.14. The van der Waals surface area contributed by atoms with Crippen LogP contribution in [0.4, 0.5) is 5.13 Å². The summed E-state index contributed by atoms with van der Waals surface area (Å²) in [5.74, 6) is 0.212. The minimum atomic E-state index is -0.133. The molecule has 2 heterocycles. The third kappa shape index (κ3) is 2.94. The van der Waals surface area contributed by atoms with E-state index in [1.165, 1.54) is 11.3 Å². The first-order chi connectivity index (χ1) is 11.4. The molecule has 0 aliphatic rings. The molecule has 0 bridgehead atoms. The van der Waals surface area contributed by atoms with Crippen molar-refractivity contribution in [3.8, 4) is 0 Å². The number of aromatic nitrogens is 2. The number of aryl methyl sites for hydroxylation is 2. The second kappa shape index (κ2) is 6.57. The molecule has 1 N–H and O–H groups in total. The predicted octanol–water partition coefficient (Wildman–Crippen LogP) is 5.46. The van der Waals surface area contributed by atoms with E-state index in [-0.39, 0.29) is 5.91 Å². The van der Waals surface area contributed by atoms with Gasteiger partial charge in [-0.2, -0.15) is 0 Å². The number of carbonyl (C=O) groups is 1. The number of nitrogens with one attached hydrogen (secondary N) is 1. The van der Waals surface area contributed by atoms with Crippen LogP contribution in [0.25, 0.3) is 10.9 Å². The second-order valence-corrected chi connectivity index (χ2v) is 7.36. The first-order valence-corrected chi connectivity index (χ1v) is 9.23. The van der Waals surface area contributed by atoms with Crippen molar-refractivity contribution in [2.24, 2.45) is 0 Å². The molecule has 1 amide bonds. The van der Waals surface area contributed by atoms with Gasteiger partial charge in [-0.25, -0.2) is 4.98 Å². The van der Waals surface area contributed by atoms with Gasteiger partial charge in [0.05, 0.1) is 5.69 Å². The summed E-state index contributed by atoms with van der Waals surface area (Å²) in [5.41, 5.74) is 3.62. The number of halogens is 1.